The van der Waals surface area contributed by atoms with Crippen LogP contribution in [0, 0.1) is 0 Å². The lowest BCUT2D eigenvalue weighted by Gasteiger charge is -2.03. The van der Waals surface area contributed by atoms with Gasteiger partial charge in [0.1, 0.15) is 0 Å². The van der Waals surface area contributed by atoms with Crippen LogP contribution in [0.4, 0.5) is 10.8 Å². The third-order valence-electron chi connectivity index (χ3n) is 3.54. The second-order valence-corrected chi connectivity index (χ2v) is 6.04. The summed E-state index contributed by atoms with van der Waals surface area (Å²) in [6.45, 7) is 0.177. The average molecular weight is 339 g/mol. The number of hydrogen-bond donors (Lipinski definition) is 2. The van der Waals surface area contributed by atoms with E-state index in [-0.39, 0.29) is 12.7 Å². The monoisotopic (exact) mass is 339 g/mol. The number of aromatic nitrogens is 1. The summed E-state index contributed by atoms with van der Waals surface area (Å²) in [5, 5.41) is 5.20. The number of fused-ring (bicyclic) bond motifs is 1. The number of carbonyl (C=O) groups excluding carboxylic acids is 1. The third-order valence-corrected chi connectivity index (χ3v) is 4.30. The lowest BCUT2D eigenvalue weighted by molar-refractivity contribution is 0.102. The van der Waals surface area contributed by atoms with Crippen LogP contribution < -0.4 is 20.5 Å². The van der Waals surface area contributed by atoms with Crippen molar-refractivity contribution in [3.8, 4) is 22.8 Å². The van der Waals surface area contributed by atoms with Crippen molar-refractivity contribution in [2.24, 2.45) is 0 Å². The van der Waals surface area contributed by atoms with Gasteiger partial charge in [-0.05, 0) is 30.3 Å². The zero-order valence-corrected chi connectivity index (χ0v) is 13.3. The van der Waals surface area contributed by atoms with Crippen LogP contribution in [-0.4, -0.2) is 17.7 Å². The van der Waals surface area contributed by atoms with Gasteiger partial charge < -0.3 is 15.2 Å². The Bertz CT molecular complexity index is 923. The molecule has 0 radical (unpaired) electrons. The number of hydrogen-bond acceptors (Lipinski definition) is 6. The second-order valence-electron chi connectivity index (χ2n) is 5.19. The first-order chi connectivity index (χ1) is 11.7. The van der Waals surface area contributed by atoms with Gasteiger partial charge >= 0.3 is 0 Å². The Kier molecular flexibility index (Phi) is 3.55. The number of anilines is 2. The fourth-order valence-corrected chi connectivity index (χ4v) is 3.08. The van der Waals surface area contributed by atoms with Crippen molar-refractivity contribution in [3.63, 3.8) is 0 Å². The lowest BCUT2D eigenvalue weighted by atomic mass is 10.1. The number of ether oxygens (including phenoxy) is 2. The number of nitrogens with zero attached hydrogens (tertiary/aromatic N) is 1. The predicted octanol–water partition coefficient (Wildman–Crippen LogP) is 3.37. The Morgan fingerprint density at radius 2 is 2.04 bits per heavy atom. The molecule has 6 nitrogen and oxygen atoms in total. The zero-order chi connectivity index (χ0) is 16.5. The van der Waals surface area contributed by atoms with Gasteiger partial charge in [-0.3, -0.25) is 10.1 Å². The van der Waals surface area contributed by atoms with E-state index in [2.05, 4.69) is 10.3 Å². The molecule has 2 aromatic carbocycles. The van der Waals surface area contributed by atoms with Gasteiger partial charge in [0.15, 0.2) is 16.6 Å². The van der Waals surface area contributed by atoms with E-state index in [1.165, 1.54) is 11.3 Å². The molecule has 1 aromatic heterocycles. The molecule has 3 aromatic rings. The van der Waals surface area contributed by atoms with E-state index in [0.717, 1.165) is 11.3 Å². The first kappa shape index (κ1) is 14.5. The minimum atomic E-state index is -0.248. The standard InChI is InChI=1S/C17H13N3O3S/c18-12-3-1-2-10(6-12)13-8-24-17(19-13)20-16(21)11-4-5-14-15(7-11)23-9-22-14/h1-8H,9,18H2,(H,19,20,21). The van der Waals surface area contributed by atoms with Crippen molar-refractivity contribution in [1.29, 1.82) is 0 Å². The van der Waals surface area contributed by atoms with Crippen LogP contribution in [0.25, 0.3) is 11.3 Å². The Hall–Kier alpha value is -3.06. The number of nitrogens with two attached hydrogens (primary N) is 1. The van der Waals surface area contributed by atoms with Crippen LogP contribution >= 0.6 is 11.3 Å². The summed E-state index contributed by atoms with van der Waals surface area (Å²) in [5.74, 6) is 0.966. The van der Waals surface area contributed by atoms with Crippen molar-refractivity contribution in [2.45, 2.75) is 0 Å². The maximum Gasteiger partial charge on any atom is 0.257 e. The van der Waals surface area contributed by atoms with Crippen LogP contribution in [0.3, 0.4) is 0 Å². The Balaban J connectivity index is 1.52. The number of rotatable bonds is 3. The van der Waals surface area contributed by atoms with Gasteiger partial charge in [-0.2, -0.15) is 0 Å². The first-order valence-corrected chi connectivity index (χ1v) is 8.09. The summed E-state index contributed by atoms with van der Waals surface area (Å²) in [5.41, 5.74) is 8.63. The predicted molar refractivity (Wildman–Crippen MR) is 92.5 cm³/mol. The van der Waals surface area contributed by atoms with E-state index < -0.39 is 0 Å². The molecule has 4 rings (SSSR count). The molecule has 7 heteroatoms. The number of benzene rings is 2. The molecule has 0 atom stereocenters. The molecule has 1 amide bonds. The molecule has 0 saturated heterocycles. The van der Waals surface area contributed by atoms with Gasteiger partial charge in [-0.15, -0.1) is 11.3 Å². The minimum absolute atomic E-state index is 0.177. The van der Waals surface area contributed by atoms with Crippen molar-refractivity contribution in [3.05, 3.63) is 53.4 Å². The SMILES string of the molecule is Nc1cccc(-c2csc(NC(=O)c3ccc4c(c3)OCO4)n2)c1. The normalized spacial score (nSPS) is 12.2. The summed E-state index contributed by atoms with van der Waals surface area (Å²) in [7, 11) is 0. The fraction of sp³-hybridized carbons (Fsp3) is 0.0588. The highest BCUT2D eigenvalue weighted by atomic mass is 32.1. The highest BCUT2D eigenvalue weighted by Gasteiger charge is 2.17. The minimum Gasteiger partial charge on any atom is -0.454 e. The molecule has 0 spiro atoms. The number of amides is 1. The summed E-state index contributed by atoms with van der Waals surface area (Å²) < 4.78 is 10.5. The van der Waals surface area contributed by atoms with Crippen molar-refractivity contribution >= 4 is 28.1 Å². The summed E-state index contributed by atoms with van der Waals surface area (Å²) in [4.78, 5) is 16.8. The van der Waals surface area contributed by atoms with Gasteiger partial charge in [0.2, 0.25) is 6.79 Å². The maximum absolute atomic E-state index is 12.4. The largest absolute Gasteiger partial charge is 0.454 e. The van der Waals surface area contributed by atoms with Gasteiger partial charge in [-0.1, -0.05) is 12.1 Å². The number of nitrogen functional groups attached to an aromatic ring is 1. The van der Waals surface area contributed by atoms with Crippen molar-refractivity contribution in [1.82, 2.24) is 4.98 Å². The molecule has 24 heavy (non-hydrogen) atoms. The number of carbonyl (C=O) groups is 1. The fourth-order valence-electron chi connectivity index (χ4n) is 2.37. The van der Waals surface area contributed by atoms with Crippen LogP contribution in [0.15, 0.2) is 47.8 Å². The number of nitrogens with one attached hydrogen (secondary N) is 1. The number of thiazole rings is 1. The highest BCUT2D eigenvalue weighted by molar-refractivity contribution is 7.14. The first-order valence-electron chi connectivity index (χ1n) is 7.21. The van der Waals surface area contributed by atoms with Gasteiger partial charge in [-0.25, -0.2) is 4.98 Å². The van der Waals surface area contributed by atoms with Crippen LogP contribution in [0.1, 0.15) is 10.4 Å². The van der Waals surface area contributed by atoms with E-state index in [0.29, 0.717) is 27.9 Å². The molecule has 2 heterocycles. The lowest BCUT2D eigenvalue weighted by Crippen LogP contribution is -2.11. The van der Waals surface area contributed by atoms with Crippen LogP contribution in [0.5, 0.6) is 11.5 Å². The molecule has 3 N–H and O–H groups in total. The van der Waals surface area contributed by atoms with E-state index in [4.69, 9.17) is 15.2 Å². The molecule has 0 bridgehead atoms. The Morgan fingerprint density at radius 1 is 1.17 bits per heavy atom. The van der Waals surface area contributed by atoms with Crippen LogP contribution in [0.2, 0.25) is 0 Å². The quantitative estimate of drug-likeness (QED) is 0.715. The Morgan fingerprint density at radius 3 is 2.92 bits per heavy atom. The smallest absolute Gasteiger partial charge is 0.257 e. The van der Waals surface area contributed by atoms with Gasteiger partial charge in [0.25, 0.3) is 5.91 Å². The molecule has 0 unspecified atom stereocenters. The summed E-state index contributed by atoms with van der Waals surface area (Å²) in [6.07, 6.45) is 0. The Labute approximate surface area is 141 Å². The van der Waals surface area contributed by atoms with E-state index in [1.54, 1.807) is 18.2 Å². The molecule has 120 valence electrons. The van der Waals surface area contributed by atoms with E-state index in [1.807, 2.05) is 29.6 Å². The molecule has 1 aliphatic rings. The second kappa shape index (κ2) is 5.86. The molecule has 1 aliphatic heterocycles. The van der Waals surface area contributed by atoms with E-state index >= 15 is 0 Å². The molecule has 0 aliphatic carbocycles. The van der Waals surface area contributed by atoms with Gasteiger partial charge in [0, 0.05) is 22.2 Å². The third kappa shape index (κ3) is 2.77. The molecule has 0 saturated carbocycles. The zero-order valence-electron chi connectivity index (χ0n) is 12.5. The molecule has 0 fully saturated rings. The molecular formula is C17H13N3O3S. The molecular weight excluding hydrogens is 326 g/mol. The van der Waals surface area contributed by atoms with Crippen molar-refractivity contribution < 1.29 is 14.3 Å². The van der Waals surface area contributed by atoms with Gasteiger partial charge in [0.05, 0.1) is 5.69 Å². The van der Waals surface area contributed by atoms with E-state index in [9.17, 15) is 4.79 Å². The average Bonchev–Trinajstić information content (AvgIpc) is 3.23. The topological polar surface area (TPSA) is 86.5 Å². The van der Waals surface area contributed by atoms with Crippen LogP contribution in [-0.2, 0) is 0 Å². The maximum atomic E-state index is 12.4. The van der Waals surface area contributed by atoms with Crippen molar-refractivity contribution in [2.75, 3.05) is 17.8 Å². The summed E-state index contributed by atoms with van der Waals surface area (Å²) >= 11 is 1.36. The highest BCUT2D eigenvalue weighted by Crippen LogP contribution is 2.33. The summed E-state index contributed by atoms with van der Waals surface area (Å²) in [6, 6.07) is 12.5.